The maximum Gasteiger partial charge on any atom is 0.328 e. The highest BCUT2D eigenvalue weighted by Crippen LogP contribution is 2.25. The Labute approximate surface area is 106 Å². The molecule has 0 saturated carbocycles. The van der Waals surface area contributed by atoms with E-state index in [1.807, 2.05) is 13.8 Å². The molecule has 6 heteroatoms. The Bertz CT molecular complexity index is 378. The summed E-state index contributed by atoms with van der Waals surface area (Å²) in [5.41, 5.74) is 0. The van der Waals surface area contributed by atoms with Gasteiger partial charge >= 0.3 is 12.0 Å². The van der Waals surface area contributed by atoms with Crippen LogP contribution in [0.2, 0.25) is 0 Å². The average Bonchev–Trinajstić information content (AvgIpc) is 2.67. The smallest absolute Gasteiger partial charge is 0.328 e. The second-order valence-corrected chi connectivity index (χ2v) is 4.36. The van der Waals surface area contributed by atoms with E-state index in [4.69, 9.17) is 5.11 Å². The Hall–Kier alpha value is -1.85. The third kappa shape index (κ3) is 3.58. The number of urea groups is 1. The number of nitrogens with one attached hydrogen (secondary N) is 1. The van der Waals surface area contributed by atoms with Gasteiger partial charge in [-0.2, -0.15) is 0 Å². The van der Waals surface area contributed by atoms with Gasteiger partial charge in [0, 0.05) is 24.2 Å². The minimum absolute atomic E-state index is 0.103. The molecule has 1 aliphatic heterocycles. The van der Waals surface area contributed by atoms with Crippen LogP contribution in [0.15, 0.2) is 12.2 Å². The Morgan fingerprint density at radius 1 is 1.33 bits per heavy atom. The van der Waals surface area contributed by atoms with Gasteiger partial charge in [0.1, 0.15) is 0 Å². The summed E-state index contributed by atoms with van der Waals surface area (Å²) in [7, 11) is 0. The number of hydrogen-bond donors (Lipinski definition) is 2. The molecule has 100 valence electrons. The van der Waals surface area contributed by atoms with E-state index in [0.29, 0.717) is 6.08 Å². The van der Waals surface area contributed by atoms with E-state index in [1.54, 1.807) is 4.90 Å². The van der Waals surface area contributed by atoms with Gasteiger partial charge < -0.3 is 10.0 Å². The number of hydrogen-bond acceptors (Lipinski definition) is 3. The highest BCUT2D eigenvalue weighted by Gasteiger charge is 2.33. The first-order chi connectivity index (χ1) is 8.45. The van der Waals surface area contributed by atoms with Crippen molar-refractivity contribution in [3.63, 3.8) is 0 Å². The zero-order valence-corrected chi connectivity index (χ0v) is 10.5. The van der Waals surface area contributed by atoms with Gasteiger partial charge in [0.05, 0.1) is 0 Å². The highest BCUT2D eigenvalue weighted by atomic mass is 16.4. The molecule has 1 aliphatic rings. The molecule has 0 aromatic heterocycles. The van der Waals surface area contributed by atoms with Crippen molar-refractivity contribution in [1.29, 1.82) is 0 Å². The fourth-order valence-corrected chi connectivity index (χ4v) is 2.20. The van der Waals surface area contributed by atoms with Gasteiger partial charge in [0.2, 0.25) is 0 Å². The van der Waals surface area contributed by atoms with Gasteiger partial charge in [-0.15, -0.1) is 0 Å². The molecule has 0 spiro atoms. The molecule has 0 aromatic rings. The number of likely N-dealkylation sites (tertiary alicyclic amines) is 1. The average molecular weight is 254 g/mol. The molecule has 0 bridgehead atoms. The number of amides is 3. The second kappa shape index (κ2) is 6.18. The van der Waals surface area contributed by atoms with Crippen molar-refractivity contribution >= 4 is 17.9 Å². The predicted octanol–water partition coefficient (Wildman–Crippen LogP) is 1.13. The molecule has 6 nitrogen and oxygen atoms in total. The molecule has 1 saturated heterocycles. The molecule has 1 rings (SSSR count). The molecule has 0 radical (unpaired) electrons. The lowest BCUT2D eigenvalue weighted by Gasteiger charge is -2.27. The Morgan fingerprint density at radius 2 is 2.00 bits per heavy atom. The second-order valence-electron chi connectivity index (χ2n) is 4.36. The third-order valence-electron chi connectivity index (χ3n) is 3.10. The molecule has 0 aliphatic carbocycles. The van der Waals surface area contributed by atoms with Crippen LogP contribution in [0, 0.1) is 0 Å². The van der Waals surface area contributed by atoms with Crippen molar-refractivity contribution in [2.75, 3.05) is 0 Å². The van der Waals surface area contributed by atoms with E-state index < -0.39 is 17.9 Å². The van der Waals surface area contributed by atoms with Crippen LogP contribution in [-0.4, -0.2) is 40.0 Å². The summed E-state index contributed by atoms with van der Waals surface area (Å²) in [4.78, 5) is 35.1. The number of carbonyl (C=O) groups is 3. The summed E-state index contributed by atoms with van der Waals surface area (Å²) in [5.74, 6) is -1.94. The van der Waals surface area contributed by atoms with E-state index in [0.717, 1.165) is 25.3 Å². The van der Waals surface area contributed by atoms with Crippen LogP contribution in [0.4, 0.5) is 4.79 Å². The lowest BCUT2D eigenvalue weighted by atomic mass is 10.2. The first kappa shape index (κ1) is 14.2. The van der Waals surface area contributed by atoms with E-state index in [1.165, 1.54) is 0 Å². The van der Waals surface area contributed by atoms with E-state index in [-0.39, 0.29) is 12.1 Å². The number of aliphatic carboxylic acids is 1. The first-order valence-corrected chi connectivity index (χ1v) is 6.00. The monoisotopic (exact) mass is 254 g/mol. The quantitative estimate of drug-likeness (QED) is 0.739. The summed E-state index contributed by atoms with van der Waals surface area (Å²) < 4.78 is 0. The lowest BCUT2D eigenvalue weighted by Crippen LogP contribution is -2.47. The van der Waals surface area contributed by atoms with Gasteiger partial charge in [0.15, 0.2) is 0 Å². The summed E-state index contributed by atoms with van der Waals surface area (Å²) >= 11 is 0. The maximum absolute atomic E-state index is 11.9. The molecule has 2 unspecified atom stereocenters. The van der Waals surface area contributed by atoms with Gasteiger partial charge in [-0.1, -0.05) is 6.92 Å². The van der Waals surface area contributed by atoms with Crippen molar-refractivity contribution in [2.24, 2.45) is 0 Å². The number of carboxylic acid groups (broad SMARTS) is 1. The largest absolute Gasteiger partial charge is 0.478 e. The zero-order chi connectivity index (χ0) is 13.7. The number of nitrogens with zero attached hydrogens (tertiary/aromatic N) is 1. The minimum atomic E-state index is -1.22. The number of carboxylic acids is 1. The van der Waals surface area contributed by atoms with Crippen molar-refractivity contribution in [1.82, 2.24) is 10.2 Å². The first-order valence-electron chi connectivity index (χ1n) is 6.00. The summed E-state index contributed by atoms with van der Waals surface area (Å²) in [6, 6.07) is -0.200. The van der Waals surface area contributed by atoms with E-state index >= 15 is 0 Å². The standard InChI is InChI=1S/C12H18N2O4/c1-3-9-5-4-8(2)14(9)12(18)13-10(15)6-7-11(16)17/h6-9H,3-5H2,1-2H3,(H,16,17)(H,13,15,18)/b7-6+. The van der Waals surface area contributed by atoms with E-state index in [9.17, 15) is 14.4 Å². The van der Waals surface area contributed by atoms with Crippen molar-refractivity contribution in [3.05, 3.63) is 12.2 Å². The van der Waals surface area contributed by atoms with Crippen LogP contribution in [0.1, 0.15) is 33.1 Å². The predicted molar refractivity (Wildman–Crippen MR) is 64.9 cm³/mol. The van der Waals surface area contributed by atoms with Crippen LogP contribution in [-0.2, 0) is 9.59 Å². The van der Waals surface area contributed by atoms with Crippen molar-refractivity contribution < 1.29 is 19.5 Å². The number of imide groups is 1. The third-order valence-corrected chi connectivity index (χ3v) is 3.10. The Kier molecular flexibility index (Phi) is 4.88. The summed E-state index contributed by atoms with van der Waals surface area (Å²) in [5, 5.41) is 10.5. The lowest BCUT2D eigenvalue weighted by molar-refractivity contribution is -0.131. The molecular weight excluding hydrogens is 236 g/mol. The molecule has 3 amide bonds. The van der Waals surface area contributed by atoms with Crippen molar-refractivity contribution in [3.8, 4) is 0 Å². The van der Waals surface area contributed by atoms with Gasteiger partial charge in [-0.05, 0) is 26.2 Å². The zero-order valence-electron chi connectivity index (χ0n) is 10.5. The van der Waals surface area contributed by atoms with Crippen LogP contribution in [0.25, 0.3) is 0 Å². The van der Waals surface area contributed by atoms with Gasteiger partial charge in [-0.3, -0.25) is 10.1 Å². The number of carbonyl (C=O) groups excluding carboxylic acids is 2. The molecular formula is C12H18N2O4. The van der Waals surface area contributed by atoms with Crippen LogP contribution >= 0.6 is 0 Å². The molecule has 2 atom stereocenters. The Balaban J connectivity index is 2.59. The van der Waals surface area contributed by atoms with Crippen LogP contribution in [0.3, 0.4) is 0 Å². The summed E-state index contributed by atoms with van der Waals surface area (Å²) in [6.45, 7) is 3.93. The summed E-state index contributed by atoms with van der Waals surface area (Å²) in [6.07, 6.45) is 4.24. The fraction of sp³-hybridized carbons (Fsp3) is 0.583. The Morgan fingerprint density at radius 3 is 2.56 bits per heavy atom. The van der Waals surface area contributed by atoms with Gasteiger partial charge in [-0.25, -0.2) is 9.59 Å². The highest BCUT2D eigenvalue weighted by molar-refractivity contribution is 6.02. The fourth-order valence-electron chi connectivity index (χ4n) is 2.20. The molecule has 1 fully saturated rings. The number of rotatable bonds is 3. The normalized spacial score (nSPS) is 23.3. The topological polar surface area (TPSA) is 86.7 Å². The van der Waals surface area contributed by atoms with Crippen molar-refractivity contribution in [2.45, 2.75) is 45.2 Å². The molecule has 2 N–H and O–H groups in total. The molecule has 0 aromatic carbocycles. The van der Waals surface area contributed by atoms with Gasteiger partial charge in [0.25, 0.3) is 5.91 Å². The van der Waals surface area contributed by atoms with Crippen LogP contribution < -0.4 is 5.32 Å². The molecule has 1 heterocycles. The SMILES string of the molecule is CCC1CCC(C)N1C(=O)NC(=O)/C=C/C(=O)O. The maximum atomic E-state index is 11.9. The van der Waals surface area contributed by atoms with Crippen LogP contribution in [0.5, 0.6) is 0 Å². The van der Waals surface area contributed by atoms with E-state index in [2.05, 4.69) is 5.32 Å². The minimum Gasteiger partial charge on any atom is -0.478 e. The molecule has 18 heavy (non-hydrogen) atoms.